The van der Waals surface area contributed by atoms with Gasteiger partial charge in [-0.2, -0.15) is 0 Å². The van der Waals surface area contributed by atoms with E-state index in [1.165, 1.54) is 24.3 Å². The maximum absolute atomic E-state index is 12.4. The summed E-state index contributed by atoms with van der Waals surface area (Å²) in [5, 5.41) is 39.5. The van der Waals surface area contributed by atoms with Crippen molar-refractivity contribution in [1.29, 1.82) is 0 Å². The minimum absolute atomic E-state index is 0.0110. The molecule has 0 atom stereocenters. The van der Waals surface area contributed by atoms with Gasteiger partial charge in [0.05, 0.1) is 5.56 Å². The van der Waals surface area contributed by atoms with Crippen molar-refractivity contribution in [2.75, 3.05) is 0 Å². The van der Waals surface area contributed by atoms with Gasteiger partial charge in [0.1, 0.15) is 17.2 Å². The largest absolute Gasteiger partial charge is 0.508 e. The Balaban J connectivity index is 2.30. The number of fused-ring (bicyclic) bond motifs is 1. The highest BCUT2D eigenvalue weighted by molar-refractivity contribution is 6.32. The topological polar surface area (TPSA) is 115 Å². The molecule has 0 unspecified atom stereocenters. The molecule has 0 fully saturated rings. The lowest BCUT2D eigenvalue weighted by atomic mass is 9.87. The molecule has 0 amide bonds. The molecule has 2 aromatic carbocycles. The molecule has 2 aromatic rings. The predicted octanol–water partition coefficient (Wildman–Crippen LogP) is 1.07. The summed E-state index contributed by atoms with van der Waals surface area (Å²) in [6.45, 7) is 0. The number of ketones is 2. The zero-order valence-electron chi connectivity index (χ0n) is 10.6. The fourth-order valence-electron chi connectivity index (χ4n) is 2.57. The molecule has 0 radical (unpaired) electrons. The average Bonchev–Trinajstić information content (AvgIpc) is 2.61. The maximum Gasteiger partial charge on any atom is 0.223 e. The summed E-state index contributed by atoms with van der Waals surface area (Å²) in [4.78, 5) is 24.7. The molecule has 0 heterocycles. The zero-order valence-corrected chi connectivity index (χ0v) is 10.6. The van der Waals surface area contributed by atoms with E-state index in [1.807, 2.05) is 0 Å². The van der Waals surface area contributed by atoms with Crippen molar-refractivity contribution in [1.82, 2.24) is 0 Å². The van der Waals surface area contributed by atoms with Crippen molar-refractivity contribution in [3.05, 3.63) is 53.1 Å². The van der Waals surface area contributed by atoms with E-state index in [-0.39, 0.29) is 11.1 Å². The maximum atomic E-state index is 12.4. The minimum Gasteiger partial charge on any atom is -0.508 e. The molecule has 6 nitrogen and oxygen atoms in total. The third kappa shape index (κ3) is 1.56. The fourth-order valence-corrected chi connectivity index (χ4v) is 2.57. The van der Waals surface area contributed by atoms with E-state index in [9.17, 15) is 30.0 Å². The molecule has 4 N–H and O–H groups in total. The van der Waals surface area contributed by atoms with Crippen molar-refractivity contribution in [2.45, 2.75) is 5.60 Å². The summed E-state index contributed by atoms with van der Waals surface area (Å²) in [5.41, 5.74) is -3.31. The van der Waals surface area contributed by atoms with Crippen LogP contribution in [0, 0.1) is 0 Å². The summed E-state index contributed by atoms with van der Waals surface area (Å²) in [7, 11) is 0. The number of Topliss-reactive ketones (excluding diaryl/α,β-unsaturated/α-hetero) is 2. The van der Waals surface area contributed by atoms with E-state index in [4.69, 9.17) is 0 Å². The lowest BCUT2D eigenvalue weighted by molar-refractivity contribution is 0.0303. The standard InChI is InChI=1S/C15H10O6/c16-7-5-10(17)12(11(18)6-7)15(21)13(19)8-3-1-2-4-9(8)14(15)20/h1-6,16-18,21H. The van der Waals surface area contributed by atoms with Crippen molar-refractivity contribution >= 4 is 11.6 Å². The molecule has 6 heteroatoms. The molecular weight excluding hydrogens is 276 g/mol. The van der Waals surface area contributed by atoms with Crippen LogP contribution in [-0.2, 0) is 5.60 Å². The van der Waals surface area contributed by atoms with Gasteiger partial charge in [0, 0.05) is 23.3 Å². The molecule has 3 rings (SSSR count). The van der Waals surface area contributed by atoms with Crippen LogP contribution in [0.2, 0.25) is 0 Å². The number of carbonyl (C=O) groups excluding carboxylic acids is 2. The number of phenols is 3. The SMILES string of the molecule is O=C1c2ccccc2C(=O)C1(O)c1c(O)cc(O)cc1O. The monoisotopic (exact) mass is 286 g/mol. The van der Waals surface area contributed by atoms with Gasteiger partial charge in [-0.25, -0.2) is 0 Å². The van der Waals surface area contributed by atoms with Crippen molar-refractivity contribution < 1.29 is 30.0 Å². The van der Waals surface area contributed by atoms with Crippen LogP contribution in [0.5, 0.6) is 17.2 Å². The van der Waals surface area contributed by atoms with E-state index in [0.717, 1.165) is 12.1 Å². The first-order chi connectivity index (χ1) is 9.87. The molecule has 0 spiro atoms. The highest BCUT2D eigenvalue weighted by Crippen LogP contribution is 2.46. The van der Waals surface area contributed by atoms with Crippen LogP contribution in [0.4, 0.5) is 0 Å². The third-order valence-electron chi connectivity index (χ3n) is 3.52. The highest BCUT2D eigenvalue weighted by atomic mass is 16.3. The Morgan fingerprint density at radius 2 is 1.24 bits per heavy atom. The lowest BCUT2D eigenvalue weighted by Crippen LogP contribution is -2.38. The number of aromatic hydroxyl groups is 3. The summed E-state index contributed by atoms with van der Waals surface area (Å²) in [6.07, 6.45) is 0. The van der Waals surface area contributed by atoms with Gasteiger partial charge in [0.2, 0.25) is 17.2 Å². The van der Waals surface area contributed by atoms with Crippen LogP contribution in [0.25, 0.3) is 0 Å². The van der Waals surface area contributed by atoms with Gasteiger partial charge in [0.25, 0.3) is 0 Å². The number of rotatable bonds is 1. The van der Waals surface area contributed by atoms with E-state index in [0.29, 0.717) is 0 Å². The number of hydrogen-bond acceptors (Lipinski definition) is 6. The van der Waals surface area contributed by atoms with Gasteiger partial charge in [-0.3, -0.25) is 9.59 Å². The molecule has 106 valence electrons. The number of aliphatic hydroxyl groups is 1. The van der Waals surface area contributed by atoms with Crippen LogP contribution in [-0.4, -0.2) is 32.0 Å². The van der Waals surface area contributed by atoms with Crippen LogP contribution in [0.1, 0.15) is 26.3 Å². The molecule has 0 aliphatic heterocycles. The molecule has 0 saturated heterocycles. The summed E-state index contributed by atoms with van der Waals surface area (Å²) in [5.74, 6) is -3.82. The van der Waals surface area contributed by atoms with Gasteiger partial charge < -0.3 is 20.4 Å². The van der Waals surface area contributed by atoms with E-state index < -0.39 is 40.0 Å². The summed E-state index contributed by atoms with van der Waals surface area (Å²) in [6, 6.07) is 7.48. The fraction of sp³-hybridized carbons (Fsp3) is 0.0667. The third-order valence-corrected chi connectivity index (χ3v) is 3.52. The Bertz CT molecular complexity index is 734. The highest BCUT2D eigenvalue weighted by Gasteiger charge is 2.55. The van der Waals surface area contributed by atoms with Gasteiger partial charge in [-0.15, -0.1) is 0 Å². The van der Waals surface area contributed by atoms with Crippen LogP contribution in [0.15, 0.2) is 36.4 Å². The summed E-state index contributed by atoms with van der Waals surface area (Å²) < 4.78 is 0. The van der Waals surface area contributed by atoms with Gasteiger partial charge in [-0.05, 0) is 0 Å². The second-order valence-corrected chi connectivity index (χ2v) is 4.77. The van der Waals surface area contributed by atoms with E-state index in [1.54, 1.807) is 0 Å². The Hall–Kier alpha value is -2.86. The summed E-state index contributed by atoms with van der Waals surface area (Å²) >= 11 is 0. The normalized spacial score (nSPS) is 16.0. The molecule has 1 aliphatic carbocycles. The van der Waals surface area contributed by atoms with Crippen LogP contribution in [0.3, 0.4) is 0 Å². The van der Waals surface area contributed by atoms with Crippen LogP contribution < -0.4 is 0 Å². The first kappa shape index (κ1) is 13.1. The van der Waals surface area contributed by atoms with Gasteiger partial charge >= 0.3 is 0 Å². The number of hydrogen-bond donors (Lipinski definition) is 4. The molecule has 1 aliphatic rings. The Morgan fingerprint density at radius 3 is 1.67 bits per heavy atom. The smallest absolute Gasteiger partial charge is 0.223 e. The van der Waals surface area contributed by atoms with Gasteiger partial charge in [0.15, 0.2) is 0 Å². The van der Waals surface area contributed by atoms with Gasteiger partial charge in [-0.1, -0.05) is 24.3 Å². The molecular formula is C15H10O6. The first-order valence-electron chi connectivity index (χ1n) is 6.03. The second-order valence-electron chi connectivity index (χ2n) is 4.77. The van der Waals surface area contributed by atoms with E-state index in [2.05, 4.69) is 0 Å². The Morgan fingerprint density at radius 1 is 0.810 bits per heavy atom. The zero-order chi connectivity index (χ0) is 15.4. The van der Waals surface area contributed by atoms with Crippen molar-refractivity contribution in [2.24, 2.45) is 0 Å². The first-order valence-corrected chi connectivity index (χ1v) is 6.03. The van der Waals surface area contributed by atoms with Crippen molar-refractivity contribution in [3.63, 3.8) is 0 Å². The lowest BCUT2D eigenvalue weighted by Gasteiger charge is -2.21. The molecule has 0 bridgehead atoms. The number of phenolic OH excluding ortho intramolecular Hbond substituents is 3. The predicted molar refractivity (Wildman–Crippen MR) is 70.4 cm³/mol. The molecule has 0 saturated carbocycles. The van der Waals surface area contributed by atoms with Crippen LogP contribution >= 0.6 is 0 Å². The Labute approximate surface area is 118 Å². The van der Waals surface area contributed by atoms with Crippen molar-refractivity contribution in [3.8, 4) is 17.2 Å². The van der Waals surface area contributed by atoms with E-state index >= 15 is 0 Å². The molecule has 0 aromatic heterocycles. The minimum atomic E-state index is -2.70. The number of benzene rings is 2. The second kappa shape index (κ2) is 4.07. The quantitative estimate of drug-likeness (QED) is 0.583. The number of carbonyl (C=O) groups is 2. The Kier molecular flexibility index (Phi) is 2.54. The average molecular weight is 286 g/mol. The molecule has 21 heavy (non-hydrogen) atoms.